The number of aromatic nitrogens is 2. The summed E-state index contributed by atoms with van der Waals surface area (Å²) in [6.45, 7) is 0. The van der Waals surface area contributed by atoms with Gasteiger partial charge in [0, 0.05) is 5.56 Å². The lowest BCUT2D eigenvalue weighted by Gasteiger charge is -2.17. The van der Waals surface area contributed by atoms with Crippen LogP contribution in [0.25, 0.3) is 0 Å². The number of aryl methyl sites for hydroxylation is 1. The van der Waals surface area contributed by atoms with E-state index in [1.165, 1.54) is 7.11 Å². The smallest absolute Gasteiger partial charge is 0.337 e. The van der Waals surface area contributed by atoms with E-state index >= 15 is 0 Å². The largest absolute Gasteiger partial charge is 0.465 e. The summed E-state index contributed by atoms with van der Waals surface area (Å²) in [5.41, 5.74) is 2.46. The van der Waals surface area contributed by atoms with Gasteiger partial charge in [0.1, 0.15) is 5.75 Å². The molecule has 2 aromatic rings. The van der Waals surface area contributed by atoms with Gasteiger partial charge in [-0.2, -0.15) is 4.98 Å². The standard InChI is InChI=1S/C16H15ClN2O3/c1-21-15(20)10-6-8-11(9-7-10)22-14-12-4-2-3-5-13(12)18-16(17)19-14/h6-9H,2-5H2,1H3. The number of halogens is 1. The Hall–Kier alpha value is -2.14. The van der Waals surface area contributed by atoms with Crippen LogP contribution in [-0.4, -0.2) is 23.0 Å². The third-order valence-electron chi connectivity index (χ3n) is 3.61. The minimum Gasteiger partial charge on any atom is -0.465 e. The van der Waals surface area contributed by atoms with Crippen molar-refractivity contribution in [1.82, 2.24) is 9.97 Å². The first-order valence-electron chi connectivity index (χ1n) is 7.09. The molecule has 1 aromatic carbocycles. The zero-order chi connectivity index (χ0) is 15.5. The molecule has 0 N–H and O–H groups in total. The number of hydrogen-bond acceptors (Lipinski definition) is 5. The second-order valence-corrected chi connectivity index (χ2v) is 5.39. The van der Waals surface area contributed by atoms with Gasteiger partial charge in [-0.15, -0.1) is 0 Å². The van der Waals surface area contributed by atoms with Crippen LogP contribution in [0.2, 0.25) is 5.28 Å². The summed E-state index contributed by atoms with van der Waals surface area (Å²) in [5, 5.41) is 0.196. The number of fused-ring (bicyclic) bond motifs is 1. The first-order chi connectivity index (χ1) is 10.7. The monoisotopic (exact) mass is 318 g/mol. The van der Waals surface area contributed by atoms with E-state index in [9.17, 15) is 4.79 Å². The molecule has 0 bridgehead atoms. The molecule has 0 fully saturated rings. The molecule has 0 unspecified atom stereocenters. The van der Waals surface area contributed by atoms with E-state index in [1.54, 1.807) is 24.3 Å². The number of ether oxygens (including phenoxy) is 2. The van der Waals surface area contributed by atoms with Crippen molar-refractivity contribution in [2.45, 2.75) is 25.7 Å². The second kappa shape index (κ2) is 6.32. The number of carbonyl (C=O) groups is 1. The summed E-state index contributed by atoms with van der Waals surface area (Å²) in [7, 11) is 1.35. The SMILES string of the molecule is COC(=O)c1ccc(Oc2nc(Cl)nc3c2CCCC3)cc1. The van der Waals surface area contributed by atoms with Crippen molar-refractivity contribution in [3.05, 3.63) is 46.4 Å². The number of nitrogens with zero attached hydrogens (tertiary/aromatic N) is 2. The minimum absolute atomic E-state index is 0.196. The normalized spacial score (nSPS) is 13.4. The molecule has 0 aliphatic heterocycles. The van der Waals surface area contributed by atoms with Crippen molar-refractivity contribution >= 4 is 17.6 Å². The van der Waals surface area contributed by atoms with Gasteiger partial charge in [0.25, 0.3) is 0 Å². The Morgan fingerprint density at radius 2 is 1.86 bits per heavy atom. The summed E-state index contributed by atoms with van der Waals surface area (Å²) in [6.07, 6.45) is 3.99. The quantitative estimate of drug-likeness (QED) is 0.639. The molecule has 0 saturated carbocycles. The number of hydrogen-bond donors (Lipinski definition) is 0. The number of esters is 1. The Morgan fingerprint density at radius 3 is 2.59 bits per heavy atom. The van der Waals surface area contributed by atoms with Crippen LogP contribution < -0.4 is 4.74 Å². The van der Waals surface area contributed by atoms with Gasteiger partial charge in [-0.05, 0) is 61.5 Å². The number of rotatable bonds is 3. The predicted molar refractivity (Wildman–Crippen MR) is 81.5 cm³/mol. The molecule has 0 atom stereocenters. The van der Waals surface area contributed by atoms with Crippen LogP contribution in [0.3, 0.4) is 0 Å². The first-order valence-corrected chi connectivity index (χ1v) is 7.46. The molecule has 0 saturated heterocycles. The van der Waals surface area contributed by atoms with Crippen LogP contribution >= 0.6 is 11.6 Å². The summed E-state index contributed by atoms with van der Waals surface area (Å²) in [6, 6.07) is 6.71. The highest BCUT2D eigenvalue weighted by Gasteiger charge is 2.19. The van der Waals surface area contributed by atoms with Crippen molar-refractivity contribution in [2.75, 3.05) is 7.11 Å². The molecule has 6 heteroatoms. The number of methoxy groups -OCH3 is 1. The lowest BCUT2D eigenvalue weighted by molar-refractivity contribution is 0.0600. The molecule has 1 aliphatic carbocycles. The van der Waals surface area contributed by atoms with E-state index in [0.29, 0.717) is 17.2 Å². The van der Waals surface area contributed by atoms with Crippen molar-refractivity contribution in [3.63, 3.8) is 0 Å². The molecule has 5 nitrogen and oxygen atoms in total. The van der Waals surface area contributed by atoms with E-state index in [0.717, 1.165) is 36.9 Å². The van der Waals surface area contributed by atoms with Gasteiger partial charge >= 0.3 is 5.97 Å². The summed E-state index contributed by atoms with van der Waals surface area (Å²) >= 11 is 5.97. The zero-order valence-electron chi connectivity index (χ0n) is 12.1. The molecular weight excluding hydrogens is 304 g/mol. The molecule has 1 aliphatic rings. The predicted octanol–water partition coefficient (Wildman–Crippen LogP) is 3.59. The molecule has 0 amide bonds. The van der Waals surface area contributed by atoms with E-state index in [1.807, 2.05) is 0 Å². The summed E-state index contributed by atoms with van der Waals surface area (Å²) in [5.74, 6) is 0.713. The van der Waals surface area contributed by atoms with Crippen molar-refractivity contribution < 1.29 is 14.3 Å². The van der Waals surface area contributed by atoms with Crippen LogP contribution in [0.4, 0.5) is 0 Å². The molecule has 0 spiro atoms. The fourth-order valence-corrected chi connectivity index (χ4v) is 2.68. The summed E-state index contributed by atoms with van der Waals surface area (Å²) in [4.78, 5) is 19.9. The first kappa shape index (κ1) is 14.8. The van der Waals surface area contributed by atoms with Gasteiger partial charge in [-0.1, -0.05) is 0 Å². The average Bonchev–Trinajstić information content (AvgIpc) is 2.54. The van der Waals surface area contributed by atoms with Crippen LogP contribution in [-0.2, 0) is 17.6 Å². The lowest BCUT2D eigenvalue weighted by atomic mass is 9.97. The highest BCUT2D eigenvalue weighted by molar-refractivity contribution is 6.28. The maximum atomic E-state index is 11.4. The Labute approximate surface area is 133 Å². The molecule has 3 rings (SSSR count). The number of benzene rings is 1. The van der Waals surface area contributed by atoms with Crippen LogP contribution in [0.15, 0.2) is 24.3 Å². The van der Waals surface area contributed by atoms with Gasteiger partial charge in [-0.3, -0.25) is 0 Å². The Balaban J connectivity index is 1.87. The van der Waals surface area contributed by atoms with Gasteiger partial charge in [0.2, 0.25) is 11.2 Å². The minimum atomic E-state index is -0.381. The van der Waals surface area contributed by atoms with Crippen molar-refractivity contribution in [3.8, 4) is 11.6 Å². The van der Waals surface area contributed by atoms with E-state index in [4.69, 9.17) is 16.3 Å². The molecular formula is C16H15ClN2O3. The zero-order valence-corrected chi connectivity index (χ0v) is 12.9. The van der Waals surface area contributed by atoms with E-state index in [-0.39, 0.29) is 11.3 Å². The van der Waals surface area contributed by atoms with Crippen LogP contribution in [0.1, 0.15) is 34.5 Å². The molecule has 1 aromatic heterocycles. The molecule has 0 radical (unpaired) electrons. The van der Waals surface area contributed by atoms with Gasteiger partial charge in [0.05, 0.1) is 18.4 Å². The molecule has 22 heavy (non-hydrogen) atoms. The third kappa shape index (κ3) is 3.04. The topological polar surface area (TPSA) is 61.3 Å². The highest BCUT2D eigenvalue weighted by atomic mass is 35.5. The van der Waals surface area contributed by atoms with Crippen LogP contribution in [0.5, 0.6) is 11.6 Å². The van der Waals surface area contributed by atoms with Crippen LogP contribution in [0, 0.1) is 0 Å². The fourth-order valence-electron chi connectivity index (χ4n) is 2.50. The second-order valence-electron chi connectivity index (χ2n) is 5.05. The Morgan fingerprint density at radius 1 is 1.14 bits per heavy atom. The average molecular weight is 319 g/mol. The third-order valence-corrected chi connectivity index (χ3v) is 3.78. The maximum Gasteiger partial charge on any atom is 0.337 e. The Bertz CT molecular complexity index is 701. The van der Waals surface area contributed by atoms with Crippen molar-refractivity contribution in [2.24, 2.45) is 0 Å². The van der Waals surface area contributed by atoms with Gasteiger partial charge in [-0.25, -0.2) is 9.78 Å². The highest BCUT2D eigenvalue weighted by Crippen LogP contribution is 2.31. The van der Waals surface area contributed by atoms with Gasteiger partial charge in [0.15, 0.2) is 0 Å². The maximum absolute atomic E-state index is 11.4. The Kier molecular flexibility index (Phi) is 4.24. The van der Waals surface area contributed by atoms with Gasteiger partial charge < -0.3 is 9.47 Å². The number of carbonyl (C=O) groups excluding carboxylic acids is 1. The molecule has 114 valence electrons. The lowest BCUT2D eigenvalue weighted by Crippen LogP contribution is -2.09. The van der Waals surface area contributed by atoms with E-state index in [2.05, 4.69) is 14.7 Å². The van der Waals surface area contributed by atoms with E-state index < -0.39 is 0 Å². The summed E-state index contributed by atoms with van der Waals surface area (Å²) < 4.78 is 10.5. The fraction of sp³-hybridized carbons (Fsp3) is 0.312. The molecule has 1 heterocycles. The van der Waals surface area contributed by atoms with Crippen molar-refractivity contribution in [1.29, 1.82) is 0 Å².